The van der Waals surface area contributed by atoms with Gasteiger partial charge in [0, 0.05) is 44.2 Å². The number of nitrogens with zero attached hydrogens (tertiary/aromatic N) is 2. The van der Waals surface area contributed by atoms with Crippen molar-refractivity contribution in [3.8, 4) is 0 Å². The Hall–Kier alpha value is -2.88. The van der Waals surface area contributed by atoms with Crippen molar-refractivity contribution in [1.82, 2.24) is 15.2 Å². The summed E-state index contributed by atoms with van der Waals surface area (Å²) in [5.74, 6) is -0.422. The molecular weight excluding hydrogens is 456 g/mol. The quantitative estimate of drug-likeness (QED) is 0.325. The number of amides is 2. The molecule has 3 rings (SSSR count). The Labute approximate surface area is 213 Å². The van der Waals surface area contributed by atoms with Crippen molar-refractivity contribution in [2.24, 2.45) is 23.1 Å². The number of pyridine rings is 1. The van der Waals surface area contributed by atoms with E-state index in [1.54, 1.807) is 6.20 Å². The van der Waals surface area contributed by atoms with E-state index >= 15 is 0 Å². The summed E-state index contributed by atoms with van der Waals surface area (Å²) in [5, 5.41) is 3.85. The van der Waals surface area contributed by atoms with Gasteiger partial charge in [0.2, 0.25) is 11.8 Å². The molecule has 0 bridgehead atoms. The molecule has 36 heavy (non-hydrogen) atoms. The summed E-state index contributed by atoms with van der Waals surface area (Å²) in [7, 11) is 0. The fourth-order valence-corrected chi connectivity index (χ4v) is 4.95. The van der Waals surface area contributed by atoms with Gasteiger partial charge in [-0.25, -0.2) is 0 Å². The molecule has 0 aliphatic heterocycles. The first-order chi connectivity index (χ1) is 17.4. The molecule has 0 saturated heterocycles. The zero-order chi connectivity index (χ0) is 25.9. The van der Waals surface area contributed by atoms with Crippen LogP contribution in [-0.4, -0.2) is 65.7 Å². The maximum atomic E-state index is 13.4. The lowest BCUT2D eigenvalue weighted by Crippen LogP contribution is -2.51. The molecule has 1 heterocycles. The van der Waals surface area contributed by atoms with E-state index in [9.17, 15) is 14.4 Å². The Morgan fingerprint density at radius 1 is 1.06 bits per heavy atom. The number of hydrogen-bond donors (Lipinski definition) is 4. The summed E-state index contributed by atoms with van der Waals surface area (Å²) >= 11 is 0. The maximum Gasteiger partial charge on any atom is 0.238 e. The van der Waals surface area contributed by atoms with E-state index in [0.717, 1.165) is 42.1 Å². The number of carbonyl (C=O) groups excluding carboxylic acids is 3. The summed E-state index contributed by atoms with van der Waals surface area (Å²) < 4.78 is 0. The van der Waals surface area contributed by atoms with Crippen molar-refractivity contribution >= 4 is 28.5 Å². The normalized spacial score (nSPS) is 15.9. The van der Waals surface area contributed by atoms with Gasteiger partial charge in [0.25, 0.3) is 0 Å². The van der Waals surface area contributed by atoms with Crippen LogP contribution < -0.4 is 22.5 Å². The van der Waals surface area contributed by atoms with Crippen LogP contribution in [0.15, 0.2) is 36.5 Å². The number of fused-ring (bicyclic) bond motifs is 1. The van der Waals surface area contributed by atoms with Crippen LogP contribution in [0.4, 0.5) is 0 Å². The summed E-state index contributed by atoms with van der Waals surface area (Å²) in [6.07, 6.45) is 7.98. The molecule has 1 fully saturated rings. The Balaban J connectivity index is 1.67. The second-order valence-electron chi connectivity index (χ2n) is 9.74. The number of hydrogen-bond acceptors (Lipinski definition) is 7. The number of rotatable bonds is 13. The van der Waals surface area contributed by atoms with Crippen LogP contribution in [-0.2, 0) is 20.8 Å². The Morgan fingerprint density at radius 3 is 2.47 bits per heavy atom. The van der Waals surface area contributed by atoms with Crippen LogP contribution in [0.5, 0.6) is 0 Å². The molecule has 9 nitrogen and oxygen atoms in total. The highest BCUT2D eigenvalue weighted by molar-refractivity contribution is 5.94. The lowest BCUT2D eigenvalue weighted by molar-refractivity contribution is -0.135. The van der Waals surface area contributed by atoms with Crippen molar-refractivity contribution < 1.29 is 14.4 Å². The SMILES string of the molecule is NCCN(CCN)C(=O)C[C@H](N)C(=O)N[C@@H](CC1CCCCC1)C(=O)Cc1ccc2ncccc2c1. The first-order valence-electron chi connectivity index (χ1n) is 13.0. The van der Waals surface area contributed by atoms with Gasteiger partial charge in [-0.15, -0.1) is 0 Å². The molecule has 1 aromatic carbocycles. The van der Waals surface area contributed by atoms with Gasteiger partial charge in [0.15, 0.2) is 5.78 Å². The zero-order valence-corrected chi connectivity index (χ0v) is 21.0. The van der Waals surface area contributed by atoms with Gasteiger partial charge < -0.3 is 27.4 Å². The number of nitrogens with two attached hydrogens (primary N) is 3. The van der Waals surface area contributed by atoms with Crippen LogP contribution in [0, 0.1) is 5.92 Å². The number of Topliss-reactive ketones (excluding diaryl/α,β-unsaturated/α-hetero) is 1. The number of carbonyl (C=O) groups is 3. The second kappa shape index (κ2) is 14.0. The lowest BCUT2D eigenvalue weighted by Gasteiger charge is -2.28. The van der Waals surface area contributed by atoms with E-state index in [-0.39, 0.29) is 24.5 Å². The van der Waals surface area contributed by atoms with Gasteiger partial charge in [0.1, 0.15) is 0 Å². The van der Waals surface area contributed by atoms with Crippen LogP contribution in [0.1, 0.15) is 50.5 Å². The Kier molecular flexibility index (Phi) is 10.8. The van der Waals surface area contributed by atoms with Crippen LogP contribution in [0.25, 0.3) is 10.9 Å². The van der Waals surface area contributed by atoms with Gasteiger partial charge >= 0.3 is 0 Å². The van der Waals surface area contributed by atoms with E-state index in [0.29, 0.717) is 38.5 Å². The molecule has 196 valence electrons. The largest absolute Gasteiger partial charge is 0.345 e. The summed E-state index contributed by atoms with van der Waals surface area (Å²) in [4.78, 5) is 44.8. The first-order valence-corrected chi connectivity index (χ1v) is 13.0. The smallest absolute Gasteiger partial charge is 0.238 e. The van der Waals surface area contributed by atoms with Gasteiger partial charge in [0.05, 0.1) is 24.0 Å². The van der Waals surface area contributed by atoms with E-state index in [1.165, 1.54) is 11.3 Å². The molecule has 2 amide bonds. The average molecular weight is 497 g/mol. The molecule has 1 aliphatic rings. The molecule has 0 unspecified atom stereocenters. The monoisotopic (exact) mass is 496 g/mol. The molecule has 0 radical (unpaired) electrons. The zero-order valence-electron chi connectivity index (χ0n) is 21.0. The fraction of sp³-hybridized carbons (Fsp3) is 0.556. The summed E-state index contributed by atoms with van der Waals surface area (Å²) in [6.45, 7) is 1.31. The third-order valence-corrected chi connectivity index (χ3v) is 6.93. The highest BCUT2D eigenvalue weighted by Gasteiger charge is 2.29. The van der Waals surface area contributed by atoms with E-state index in [1.807, 2.05) is 30.3 Å². The van der Waals surface area contributed by atoms with Crippen molar-refractivity contribution in [1.29, 1.82) is 0 Å². The minimum atomic E-state index is -1.05. The van der Waals surface area contributed by atoms with Crippen molar-refractivity contribution in [2.75, 3.05) is 26.2 Å². The molecule has 7 N–H and O–H groups in total. The molecule has 1 saturated carbocycles. The highest BCUT2D eigenvalue weighted by atomic mass is 16.2. The van der Waals surface area contributed by atoms with Crippen molar-refractivity contribution in [2.45, 2.75) is 63.5 Å². The third-order valence-electron chi connectivity index (χ3n) is 6.93. The van der Waals surface area contributed by atoms with E-state index < -0.39 is 18.0 Å². The van der Waals surface area contributed by atoms with Crippen LogP contribution in [0.2, 0.25) is 0 Å². The van der Waals surface area contributed by atoms with Crippen LogP contribution >= 0.6 is 0 Å². The van der Waals surface area contributed by atoms with Crippen LogP contribution in [0.3, 0.4) is 0 Å². The predicted octanol–water partition coefficient (Wildman–Crippen LogP) is 1.27. The topological polar surface area (TPSA) is 157 Å². The predicted molar refractivity (Wildman–Crippen MR) is 141 cm³/mol. The molecule has 2 aromatic rings. The Bertz CT molecular complexity index is 1020. The standard InChI is InChI=1S/C27H40N6O3/c28-10-13-33(14-11-29)26(35)18-22(30)27(36)32-24(16-19-5-2-1-3-6-19)25(34)17-20-8-9-23-21(15-20)7-4-12-31-23/h4,7-9,12,15,19,22,24H,1-3,5-6,10-11,13-14,16-18,28-30H2,(H,32,36)/t22-,24-/m0/s1. The number of ketones is 1. The van der Waals surface area contributed by atoms with E-state index in [4.69, 9.17) is 17.2 Å². The maximum absolute atomic E-state index is 13.4. The second-order valence-corrected chi connectivity index (χ2v) is 9.74. The highest BCUT2D eigenvalue weighted by Crippen LogP contribution is 2.28. The van der Waals surface area contributed by atoms with Crippen molar-refractivity contribution in [3.05, 3.63) is 42.1 Å². The van der Waals surface area contributed by atoms with E-state index in [2.05, 4.69) is 10.3 Å². The van der Waals surface area contributed by atoms with Gasteiger partial charge in [-0.2, -0.15) is 0 Å². The minimum Gasteiger partial charge on any atom is -0.345 e. The molecule has 0 spiro atoms. The van der Waals surface area contributed by atoms with Gasteiger partial charge in [-0.1, -0.05) is 44.2 Å². The van der Waals surface area contributed by atoms with Gasteiger partial charge in [-0.3, -0.25) is 19.4 Å². The Morgan fingerprint density at radius 2 is 1.78 bits per heavy atom. The molecule has 1 aromatic heterocycles. The van der Waals surface area contributed by atoms with Gasteiger partial charge in [-0.05, 0) is 36.1 Å². The molecule has 1 aliphatic carbocycles. The van der Waals surface area contributed by atoms with Crippen molar-refractivity contribution in [3.63, 3.8) is 0 Å². The molecule has 2 atom stereocenters. The number of aromatic nitrogens is 1. The average Bonchev–Trinajstić information content (AvgIpc) is 2.88. The first kappa shape index (κ1) is 27.7. The number of nitrogens with one attached hydrogen (secondary N) is 1. The number of benzene rings is 1. The lowest BCUT2D eigenvalue weighted by atomic mass is 9.83. The molecular formula is C27H40N6O3. The summed E-state index contributed by atoms with van der Waals surface area (Å²) in [5.41, 5.74) is 19.0. The third kappa shape index (κ3) is 8.08. The minimum absolute atomic E-state index is 0.0522. The fourth-order valence-electron chi connectivity index (χ4n) is 4.95. The molecule has 9 heteroatoms. The summed E-state index contributed by atoms with van der Waals surface area (Å²) in [6, 6.07) is 7.91.